The van der Waals surface area contributed by atoms with E-state index < -0.39 is 0 Å². The highest BCUT2D eigenvalue weighted by molar-refractivity contribution is 6.12. The minimum Gasteiger partial charge on any atom is -0.354 e. The number of hydrogen-bond acceptors (Lipinski definition) is 1. The van der Waals surface area contributed by atoms with E-state index in [9.17, 15) is 4.79 Å². The molecule has 1 heterocycles. The van der Waals surface area contributed by atoms with Gasteiger partial charge in [0.25, 0.3) is 0 Å². The van der Waals surface area contributed by atoms with E-state index in [4.69, 9.17) is 0 Å². The second-order valence-electron chi connectivity index (χ2n) is 5.50. The number of carbonyl (C=O) groups is 1. The summed E-state index contributed by atoms with van der Waals surface area (Å²) in [6.45, 7) is 2.04. The third kappa shape index (κ3) is 1.54. The molecule has 1 N–H and O–H groups in total. The first-order chi connectivity index (χ1) is 9.74. The molecule has 3 aromatic rings. The highest BCUT2D eigenvalue weighted by atomic mass is 16.1. The molecule has 0 radical (unpaired) electrons. The first-order valence-corrected chi connectivity index (χ1v) is 6.98. The van der Waals surface area contributed by atoms with Crippen LogP contribution in [-0.4, -0.2) is 10.8 Å². The summed E-state index contributed by atoms with van der Waals surface area (Å²) >= 11 is 0. The summed E-state index contributed by atoms with van der Waals surface area (Å²) in [4.78, 5) is 15.7. The van der Waals surface area contributed by atoms with E-state index >= 15 is 0 Å². The standard InChI is InChI=1S/C18H15NO/c1-11-9-14-16(20)8-7-13-17(14)15(10-11)19-18(13)12-5-3-2-4-6-12/h2-6,9-10,19H,7-8H2,1H3. The Morgan fingerprint density at radius 1 is 1.05 bits per heavy atom. The molecule has 1 aromatic heterocycles. The second kappa shape index (κ2) is 4.07. The normalized spacial score (nSPS) is 13.9. The van der Waals surface area contributed by atoms with Gasteiger partial charge in [0, 0.05) is 28.6 Å². The zero-order chi connectivity index (χ0) is 13.7. The fourth-order valence-corrected chi connectivity index (χ4v) is 3.24. The van der Waals surface area contributed by atoms with E-state index in [2.05, 4.69) is 23.2 Å². The minimum atomic E-state index is 0.268. The van der Waals surface area contributed by atoms with Gasteiger partial charge in [-0.25, -0.2) is 0 Å². The molecule has 1 aliphatic carbocycles. The van der Waals surface area contributed by atoms with E-state index in [1.807, 2.05) is 31.2 Å². The van der Waals surface area contributed by atoms with Crippen molar-refractivity contribution in [3.05, 3.63) is 59.2 Å². The van der Waals surface area contributed by atoms with Crippen LogP contribution in [0.25, 0.3) is 22.2 Å². The molecule has 0 aliphatic heterocycles. The molecule has 2 aromatic carbocycles. The van der Waals surface area contributed by atoms with Crippen molar-refractivity contribution in [2.75, 3.05) is 0 Å². The largest absolute Gasteiger partial charge is 0.354 e. The molecule has 4 rings (SSSR count). The monoisotopic (exact) mass is 261 g/mol. The van der Waals surface area contributed by atoms with Crippen molar-refractivity contribution in [3.8, 4) is 11.3 Å². The van der Waals surface area contributed by atoms with Crippen LogP contribution in [0.1, 0.15) is 27.9 Å². The van der Waals surface area contributed by atoms with Gasteiger partial charge in [-0.3, -0.25) is 4.79 Å². The lowest BCUT2D eigenvalue weighted by atomic mass is 9.88. The van der Waals surface area contributed by atoms with Gasteiger partial charge in [-0.1, -0.05) is 30.3 Å². The molecular weight excluding hydrogens is 246 g/mol. The first kappa shape index (κ1) is 11.5. The van der Waals surface area contributed by atoms with Crippen molar-refractivity contribution >= 4 is 16.7 Å². The molecule has 20 heavy (non-hydrogen) atoms. The number of aromatic amines is 1. The lowest BCUT2D eigenvalue weighted by molar-refractivity contribution is 0.0982. The number of Topliss-reactive ketones (excluding diaryl/α,β-unsaturated/α-hetero) is 1. The maximum absolute atomic E-state index is 12.2. The predicted molar refractivity (Wildman–Crippen MR) is 81.1 cm³/mol. The Kier molecular flexibility index (Phi) is 2.34. The van der Waals surface area contributed by atoms with Crippen molar-refractivity contribution < 1.29 is 4.79 Å². The number of carbonyl (C=O) groups excluding carboxylic acids is 1. The summed E-state index contributed by atoms with van der Waals surface area (Å²) in [6.07, 6.45) is 1.45. The predicted octanol–water partition coefficient (Wildman–Crippen LogP) is 4.27. The zero-order valence-electron chi connectivity index (χ0n) is 11.4. The smallest absolute Gasteiger partial charge is 0.163 e. The second-order valence-corrected chi connectivity index (χ2v) is 5.50. The van der Waals surface area contributed by atoms with Crippen molar-refractivity contribution in [3.63, 3.8) is 0 Å². The maximum atomic E-state index is 12.2. The van der Waals surface area contributed by atoms with Gasteiger partial charge in [-0.05, 0) is 42.2 Å². The molecule has 0 fully saturated rings. The average Bonchev–Trinajstić information content (AvgIpc) is 2.83. The van der Waals surface area contributed by atoms with Gasteiger partial charge in [0.15, 0.2) is 5.78 Å². The number of nitrogens with one attached hydrogen (secondary N) is 1. The molecule has 1 aliphatic rings. The lowest BCUT2D eigenvalue weighted by Crippen LogP contribution is -2.08. The molecule has 0 bridgehead atoms. The molecule has 0 saturated heterocycles. The molecule has 0 saturated carbocycles. The Hall–Kier alpha value is -2.35. The molecule has 0 unspecified atom stereocenters. The van der Waals surface area contributed by atoms with Crippen molar-refractivity contribution in [2.45, 2.75) is 19.8 Å². The number of rotatable bonds is 1. The Bertz CT molecular complexity index is 827. The number of aryl methyl sites for hydroxylation is 2. The van der Waals surface area contributed by atoms with Gasteiger partial charge in [0.1, 0.15) is 0 Å². The van der Waals surface area contributed by atoms with E-state index in [0.717, 1.165) is 28.5 Å². The minimum absolute atomic E-state index is 0.268. The quantitative estimate of drug-likeness (QED) is 0.697. The lowest BCUT2D eigenvalue weighted by Gasteiger charge is -2.13. The molecule has 0 atom stereocenters. The Morgan fingerprint density at radius 3 is 2.65 bits per heavy atom. The van der Waals surface area contributed by atoms with Gasteiger partial charge >= 0.3 is 0 Å². The molecule has 2 nitrogen and oxygen atoms in total. The van der Waals surface area contributed by atoms with Gasteiger partial charge in [0.05, 0.1) is 0 Å². The average molecular weight is 261 g/mol. The molecular formula is C18H15NO. The molecule has 2 heteroatoms. The summed E-state index contributed by atoms with van der Waals surface area (Å²) in [5.41, 5.74) is 6.76. The molecule has 0 spiro atoms. The van der Waals surface area contributed by atoms with E-state index in [1.54, 1.807) is 0 Å². The molecule has 0 amide bonds. The Morgan fingerprint density at radius 2 is 1.85 bits per heavy atom. The number of benzene rings is 2. The highest BCUT2D eigenvalue weighted by Crippen LogP contribution is 2.37. The van der Waals surface area contributed by atoms with Crippen molar-refractivity contribution in [2.24, 2.45) is 0 Å². The van der Waals surface area contributed by atoms with Crippen LogP contribution in [-0.2, 0) is 6.42 Å². The SMILES string of the molecule is Cc1cc2c3c(c(-c4ccccc4)[nH]c3c1)CCC2=O. The van der Waals surface area contributed by atoms with Crippen LogP contribution in [0, 0.1) is 6.92 Å². The Balaban J connectivity index is 2.09. The van der Waals surface area contributed by atoms with E-state index in [0.29, 0.717) is 6.42 Å². The maximum Gasteiger partial charge on any atom is 0.163 e. The van der Waals surface area contributed by atoms with Crippen LogP contribution >= 0.6 is 0 Å². The first-order valence-electron chi connectivity index (χ1n) is 6.98. The van der Waals surface area contributed by atoms with Gasteiger partial charge in [-0.15, -0.1) is 0 Å². The van der Waals surface area contributed by atoms with Gasteiger partial charge in [-0.2, -0.15) is 0 Å². The van der Waals surface area contributed by atoms with Crippen LogP contribution in [0.2, 0.25) is 0 Å². The third-order valence-electron chi connectivity index (χ3n) is 4.11. The summed E-state index contributed by atoms with van der Waals surface area (Å²) in [5, 5.41) is 1.13. The van der Waals surface area contributed by atoms with E-state index in [1.165, 1.54) is 16.8 Å². The third-order valence-corrected chi connectivity index (χ3v) is 4.11. The van der Waals surface area contributed by atoms with Crippen LogP contribution in [0.4, 0.5) is 0 Å². The number of aromatic nitrogens is 1. The van der Waals surface area contributed by atoms with Crippen LogP contribution in [0.5, 0.6) is 0 Å². The van der Waals surface area contributed by atoms with Crippen molar-refractivity contribution in [1.82, 2.24) is 4.98 Å². The van der Waals surface area contributed by atoms with Crippen LogP contribution in [0.3, 0.4) is 0 Å². The number of ketones is 1. The van der Waals surface area contributed by atoms with Crippen molar-refractivity contribution in [1.29, 1.82) is 0 Å². The van der Waals surface area contributed by atoms with Crippen LogP contribution in [0.15, 0.2) is 42.5 Å². The summed E-state index contributed by atoms with van der Waals surface area (Å²) in [5.74, 6) is 0.268. The fraction of sp³-hybridized carbons (Fsp3) is 0.167. The highest BCUT2D eigenvalue weighted by Gasteiger charge is 2.24. The van der Waals surface area contributed by atoms with Gasteiger partial charge < -0.3 is 4.98 Å². The van der Waals surface area contributed by atoms with E-state index in [-0.39, 0.29) is 5.78 Å². The topological polar surface area (TPSA) is 32.9 Å². The van der Waals surface area contributed by atoms with Gasteiger partial charge in [0.2, 0.25) is 0 Å². The summed E-state index contributed by atoms with van der Waals surface area (Å²) < 4.78 is 0. The van der Waals surface area contributed by atoms with Crippen LogP contribution < -0.4 is 0 Å². The number of H-pyrrole nitrogens is 1. The fourth-order valence-electron chi connectivity index (χ4n) is 3.24. The zero-order valence-corrected chi connectivity index (χ0v) is 11.4. The molecule has 98 valence electrons. The summed E-state index contributed by atoms with van der Waals surface area (Å²) in [7, 11) is 0. The summed E-state index contributed by atoms with van der Waals surface area (Å²) in [6, 6.07) is 14.5. The number of hydrogen-bond donors (Lipinski definition) is 1. The Labute approximate surface area is 117 Å².